The van der Waals surface area contributed by atoms with Crippen LogP contribution < -0.4 is 5.32 Å². The third-order valence-electron chi connectivity index (χ3n) is 5.26. The van der Waals surface area contributed by atoms with Gasteiger partial charge in [0.05, 0.1) is 13.1 Å². The van der Waals surface area contributed by atoms with E-state index in [4.69, 9.17) is 4.42 Å². The van der Waals surface area contributed by atoms with Crippen LogP contribution in [0.1, 0.15) is 51.1 Å². The highest BCUT2D eigenvalue weighted by molar-refractivity contribution is 5.07. The molecular weight excluding hydrogens is 260 g/mol. The predicted molar refractivity (Wildman–Crippen MR) is 86.0 cm³/mol. The summed E-state index contributed by atoms with van der Waals surface area (Å²) in [4.78, 5) is 2.45. The minimum Gasteiger partial charge on any atom is -0.463 e. The van der Waals surface area contributed by atoms with E-state index in [-0.39, 0.29) is 0 Å². The zero-order valence-electron chi connectivity index (χ0n) is 13.8. The summed E-state index contributed by atoms with van der Waals surface area (Å²) in [6, 6.07) is 4.74. The van der Waals surface area contributed by atoms with Gasteiger partial charge in [0.25, 0.3) is 0 Å². The molecule has 2 bridgehead atoms. The van der Waals surface area contributed by atoms with E-state index in [0.717, 1.165) is 42.4 Å². The van der Waals surface area contributed by atoms with Crippen molar-refractivity contribution in [2.75, 3.05) is 13.6 Å². The van der Waals surface area contributed by atoms with Gasteiger partial charge in [-0.2, -0.15) is 0 Å². The van der Waals surface area contributed by atoms with Crippen LogP contribution in [0.5, 0.6) is 0 Å². The zero-order chi connectivity index (χ0) is 14.8. The van der Waals surface area contributed by atoms with Crippen LogP contribution in [0.25, 0.3) is 0 Å². The number of fused-ring (bicyclic) bond motifs is 2. The molecule has 1 aromatic heterocycles. The van der Waals surface area contributed by atoms with Gasteiger partial charge in [0, 0.05) is 12.6 Å². The summed E-state index contributed by atoms with van der Waals surface area (Å²) < 4.78 is 5.93. The Kier molecular flexibility index (Phi) is 4.70. The SMILES string of the molecule is CC(C)NCc1ccc(CN(C)CC2CC3CCC2C3)o1. The number of rotatable bonds is 7. The smallest absolute Gasteiger partial charge is 0.118 e. The fourth-order valence-electron chi connectivity index (χ4n) is 4.24. The minimum absolute atomic E-state index is 0.499. The fourth-order valence-corrected chi connectivity index (χ4v) is 4.24. The van der Waals surface area contributed by atoms with E-state index >= 15 is 0 Å². The monoisotopic (exact) mass is 290 g/mol. The maximum atomic E-state index is 5.93. The Bertz CT molecular complexity index is 454. The van der Waals surface area contributed by atoms with Crippen molar-refractivity contribution in [2.24, 2.45) is 17.8 Å². The molecule has 2 aliphatic carbocycles. The van der Waals surface area contributed by atoms with E-state index in [1.165, 1.54) is 32.2 Å². The van der Waals surface area contributed by atoms with E-state index in [2.05, 4.69) is 43.2 Å². The van der Waals surface area contributed by atoms with Crippen molar-refractivity contribution < 1.29 is 4.42 Å². The minimum atomic E-state index is 0.499. The molecule has 21 heavy (non-hydrogen) atoms. The van der Waals surface area contributed by atoms with Gasteiger partial charge in [-0.1, -0.05) is 20.3 Å². The molecule has 2 saturated carbocycles. The topological polar surface area (TPSA) is 28.4 Å². The van der Waals surface area contributed by atoms with Crippen molar-refractivity contribution >= 4 is 0 Å². The van der Waals surface area contributed by atoms with Gasteiger partial charge in [0.15, 0.2) is 0 Å². The van der Waals surface area contributed by atoms with Crippen LogP contribution in [0.4, 0.5) is 0 Å². The number of hydrogen-bond donors (Lipinski definition) is 1. The largest absolute Gasteiger partial charge is 0.463 e. The highest BCUT2D eigenvalue weighted by Crippen LogP contribution is 2.48. The van der Waals surface area contributed by atoms with Crippen LogP contribution in [0.15, 0.2) is 16.5 Å². The standard InChI is InChI=1S/C18H30N2O/c1-13(2)19-10-17-6-7-18(21-17)12-20(3)11-16-9-14-4-5-15(16)8-14/h6-7,13-16,19H,4-5,8-12H2,1-3H3. The summed E-state index contributed by atoms with van der Waals surface area (Å²) in [5.74, 6) is 5.14. The molecule has 3 heteroatoms. The molecule has 3 atom stereocenters. The Morgan fingerprint density at radius 1 is 1.24 bits per heavy atom. The molecule has 3 nitrogen and oxygen atoms in total. The molecule has 0 spiro atoms. The second kappa shape index (κ2) is 6.53. The summed E-state index contributed by atoms with van der Waals surface area (Å²) in [7, 11) is 2.24. The quantitative estimate of drug-likeness (QED) is 0.831. The molecule has 0 radical (unpaired) electrons. The molecule has 1 N–H and O–H groups in total. The van der Waals surface area contributed by atoms with Gasteiger partial charge in [-0.05, 0) is 56.2 Å². The molecule has 0 amide bonds. The molecule has 118 valence electrons. The first-order chi connectivity index (χ1) is 10.1. The first kappa shape index (κ1) is 15.1. The van der Waals surface area contributed by atoms with Crippen LogP contribution in [-0.2, 0) is 13.1 Å². The van der Waals surface area contributed by atoms with Crippen LogP contribution in [0, 0.1) is 17.8 Å². The molecule has 3 unspecified atom stereocenters. The second-order valence-corrected chi connectivity index (χ2v) is 7.54. The van der Waals surface area contributed by atoms with Crippen LogP contribution in [0.2, 0.25) is 0 Å². The fraction of sp³-hybridized carbons (Fsp3) is 0.778. The Balaban J connectivity index is 1.45. The average Bonchev–Trinajstić information content (AvgIpc) is 3.12. The lowest BCUT2D eigenvalue weighted by Gasteiger charge is -2.26. The Morgan fingerprint density at radius 3 is 2.71 bits per heavy atom. The molecular formula is C18H30N2O. The highest BCUT2D eigenvalue weighted by Gasteiger charge is 2.39. The van der Waals surface area contributed by atoms with E-state index in [1.807, 2.05) is 0 Å². The first-order valence-electron chi connectivity index (χ1n) is 8.59. The lowest BCUT2D eigenvalue weighted by Crippen LogP contribution is -2.28. The van der Waals surface area contributed by atoms with Crippen molar-refractivity contribution in [1.29, 1.82) is 0 Å². The van der Waals surface area contributed by atoms with Gasteiger partial charge in [-0.15, -0.1) is 0 Å². The van der Waals surface area contributed by atoms with E-state index in [9.17, 15) is 0 Å². The molecule has 0 saturated heterocycles. The summed E-state index contributed by atoms with van der Waals surface area (Å²) in [5.41, 5.74) is 0. The number of nitrogens with one attached hydrogen (secondary N) is 1. The first-order valence-corrected chi connectivity index (χ1v) is 8.59. The van der Waals surface area contributed by atoms with Crippen molar-refractivity contribution in [3.05, 3.63) is 23.7 Å². The predicted octanol–water partition coefficient (Wildman–Crippen LogP) is 3.65. The van der Waals surface area contributed by atoms with Gasteiger partial charge >= 0.3 is 0 Å². The zero-order valence-corrected chi connectivity index (χ0v) is 13.8. The third kappa shape index (κ3) is 3.89. The van der Waals surface area contributed by atoms with Crippen molar-refractivity contribution in [3.8, 4) is 0 Å². The van der Waals surface area contributed by atoms with Crippen LogP contribution in [0.3, 0.4) is 0 Å². The third-order valence-corrected chi connectivity index (χ3v) is 5.26. The normalized spacial score (nSPS) is 28.1. The van der Waals surface area contributed by atoms with E-state index in [0.29, 0.717) is 6.04 Å². The lowest BCUT2D eigenvalue weighted by atomic mass is 9.88. The van der Waals surface area contributed by atoms with Gasteiger partial charge in [0.2, 0.25) is 0 Å². The number of furan rings is 1. The van der Waals surface area contributed by atoms with Gasteiger partial charge in [0.1, 0.15) is 11.5 Å². The summed E-state index contributed by atoms with van der Waals surface area (Å²) in [6.07, 6.45) is 5.95. The summed E-state index contributed by atoms with van der Waals surface area (Å²) >= 11 is 0. The van der Waals surface area contributed by atoms with Crippen molar-refractivity contribution in [1.82, 2.24) is 10.2 Å². The molecule has 2 fully saturated rings. The molecule has 0 aromatic carbocycles. The van der Waals surface area contributed by atoms with Gasteiger partial charge in [-0.25, -0.2) is 0 Å². The number of nitrogens with zero attached hydrogens (tertiary/aromatic N) is 1. The summed E-state index contributed by atoms with van der Waals surface area (Å²) in [5, 5.41) is 3.40. The lowest BCUT2D eigenvalue weighted by molar-refractivity contribution is 0.203. The van der Waals surface area contributed by atoms with E-state index in [1.54, 1.807) is 0 Å². The Hall–Kier alpha value is -0.800. The maximum Gasteiger partial charge on any atom is 0.118 e. The molecule has 0 aliphatic heterocycles. The molecule has 2 aliphatic rings. The average molecular weight is 290 g/mol. The molecule has 1 aromatic rings. The van der Waals surface area contributed by atoms with Crippen molar-refractivity contribution in [3.63, 3.8) is 0 Å². The highest BCUT2D eigenvalue weighted by atomic mass is 16.3. The Morgan fingerprint density at radius 2 is 2.05 bits per heavy atom. The van der Waals surface area contributed by atoms with Crippen molar-refractivity contribution in [2.45, 2.75) is 58.7 Å². The number of hydrogen-bond acceptors (Lipinski definition) is 3. The summed E-state index contributed by atoms with van der Waals surface area (Å²) in [6.45, 7) is 7.32. The van der Waals surface area contributed by atoms with Crippen LogP contribution >= 0.6 is 0 Å². The second-order valence-electron chi connectivity index (χ2n) is 7.54. The maximum absolute atomic E-state index is 5.93. The van der Waals surface area contributed by atoms with E-state index < -0.39 is 0 Å². The van der Waals surface area contributed by atoms with Crippen LogP contribution in [-0.4, -0.2) is 24.5 Å². The molecule has 1 heterocycles. The molecule has 3 rings (SSSR count). The Labute approximate surface area is 129 Å². The van der Waals surface area contributed by atoms with Gasteiger partial charge < -0.3 is 9.73 Å². The van der Waals surface area contributed by atoms with Gasteiger partial charge in [-0.3, -0.25) is 4.90 Å².